The molecule has 0 aliphatic carbocycles. The Morgan fingerprint density at radius 2 is 2.00 bits per heavy atom. The lowest BCUT2D eigenvalue weighted by atomic mass is 10.00. The molecule has 1 heterocycles. The van der Waals surface area contributed by atoms with Gasteiger partial charge in [-0.25, -0.2) is 9.18 Å². The third-order valence-electron chi connectivity index (χ3n) is 4.20. The van der Waals surface area contributed by atoms with Crippen molar-refractivity contribution in [1.82, 2.24) is 4.90 Å². The van der Waals surface area contributed by atoms with Crippen LogP contribution in [0.15, 0.2) is 29.5 Å². The maximum atomic E-state index is 13.9. The van der Waals surface area contributed by atoms with Gasteiger partial charge in [0.15, 0.2) is 11.6 Å². The van der Waals surface area contributed by atoms with E-state index in [1.54, 1.807) is 0 Å². The van der Waals surface area contributed by atoms with Crippen molar-refractivity contribution in [2.24, 2.45) is 0 Å². The molecule has 0 spiro atoms. The molecule has 0 saturated carbocycles. The van der Waals surface area contributed by atoms with Crippen LogP contribution in [-0.2, 0) is 9.53 Å². The lowest BCUT2D eigenvalue weighted by molar-refractivity contribution is -0.135. The molecule has 0 N–H and O–H groups in total. The van der Waals surface area contributed by atoms with Crippen LogP contribution in [0.25, 0.3) is 0 Å². The van der Waals surface area contributed by atoms with E-state index in [-0.39, 0.29) is 22.9 Å². The molecule has 0 radical (unpaired) electrons. The summed E-state index contributed by atoms with van der Waals surface area (Å²) in [7, 11) is 4.40. The summed E-state index contributed by atoms with van der Waals surface area (Å²) in [4.78, 5) is 26.8. The zero-order valence-electron chi connectivity index (χ0n) is 13.7. The topological polar surface area (TPSA) is 55.8 Å². The number of hydrogen-bond acceptors (Lipinski definition) is 5. The molecule has 1 atom stereocenters. The van der Waals surface area contributed by atoms with Gasteiger partial charge in [0.05, 0.1) is 14.2 Å². The van der Waals surface area contributed by atoms with Crippen molar-refractivity contribution in [3.8, 4) is 5.75 Å². The molecule has 1 fully saturated rings. The number of ether oxygens (including phenoxy) is 2. The molecule has 5 nitrogen and oxygen atoms in total. The summed E-state index contributed by atoms with van der Waals surface area (Å²) < 4.78 is 23.5. The van der Waals surface area contributed by atoms with Crippen LogP contribution in [0.2, 0.25) is 0 Å². The number of allylic oxidation sites excluding steroid dienone is 1. The molecule has 1 unspecified atom stereocenters. The first-order valence-corrected chi connectivity index (χ1v) is 7.33. The molecule has 23 heavy (non-hydrogen) atoms. The number of carbonyl (C=O) groups is 2. The second-order valence-corrected chi connectivity index (χ2v) is 5.49. The molecule has 1 aliphatic rings. The highest BCUT2D eigenvalue weighted by molar-refractivity contribution is 6.24. The SMILES string of the molecule is COC(=O)/C(C(=O)c1ccc(OC)c(F)c1)=C1\CCC(C)N1C. The van der Waals surface area contributed by atoms with Crippen LogP contribution in [-0.4, -0.2) is 44.0 Å². The molecule has 1 aliphatic heterocycles. The van der Waals surface area contributed by atoms with Crippen molar-refractivity contribution < 1.29 is 23.5 Å². The quantitative estimate of drug-likeness (QED) is 0.280. The fourth-order valence-corrected chi connectivity index (χ4v) is 2.68. The summed E-state index contributed by atoms with van der Waals surface area (Å²) in [6.45, 7) is 2.01. The predicted octanol–water partition coefficient (Wildman–Crippen LogP) is 2.56. The number of hydrogen-bond donors (Lipinski definition) is 0. The van der Waals surface area contributed by atoms with Crippen LogP contribution in [0, 0.1) is 5.82 Å². The molecule has 1 aromatic carbocycles. The second kappa shape index (κ2) is 6.81. The highest BCUT2D eigenvalue weighted by atomic mass is 19.1. The van der Waals surface area contributed by atoms with Gasteiger partial charge in [-0.2, -0.15) is 0 Å². The fourth-order valence-electron chi connectivity index (χ4n) is 2.68. The van der Waals surface area contributed by atoms with Crippen molar-refractivity contribution in [2.75, 3.05) is 21.3 Å². The molecule has 0 amide bonds. The first kappa shape index (κ1) is 17.0. The molecule has 124 valence electrons. The summed E-state index contributed by atoms with van der Waals surface area (Å²) in [5, 5.41) is 0. The molecular formula is C17H20FNO4. The number of benzene rings is 1. The van der Waals surface area contributed by atoms with Gasteiger partial charge in [0.2, 0.25) is 5.78 Å². The highest BCUT2D eigenvalue weighted by Crippen LogP contribution is 2.30. The second-order valence-electron chi connectivity index (χ2n) is 5.49. The summed E-state index contributed by atoms with van der Waals surface area (Å²) >= 11 is 0. The van der Waals surface area contributed by atoms with Crippen LogP contribution < -0.4 is 4.74 Å². The molecular weight excluding hydrogens is 301 g/mol. The fraction of sp³-hybridized carbons (Fsp3) is 0.412. The first-order valence-electron chi connectivity index (χ1n) is 7.33. The standard InChI is InChI=1S/C17H20FNO4/c1-10-5-7-13(19(10)2)15(17(21)23-4)16(20)11-6-8-14(22-3)12(18)9-11/h6,8-10H,5,7H2,1-4H3/b15-13+. The van der Waals surface area contributed by atoms with Gasteiger partial charge < -0.3 is 14.4 Å². The van der Waals surface area contributed by atoms with Crippen molar-refractivity contribution in [3.05, 3.63) is 40.8 Å². The van der Waals surface area contributed by atoms with E-state index >= 15 is 0 Å². The maximum Gasteiger partial charge on any atom is 0.343 e. The summed E-state index contributed by atoms with van der Waals surface area (Å²) in [5.41, 5.74) is 0.679. The Balaban J connectivity index is 2.49. The van der Waals surface area contributed by atoms with Gasteiger partial charge in [-0.3, -0.25) is 4.79 Å². The molecule has 0 aromatic heterocycles. The largest absolute Gasteiger partial charge is 0.494 e. The number of halogens is 1. The number of likely N-dealkylation sites (tertiary alicyclic amines) is 1. The molecule has 1 saturated heterocycles. The smallest absolute Gasteiger partial charge is 0.343 e. The first-order chi connectivity index (χ1) is 10.9. The minimum Gasteiger partial charge on any atom is -0.494 e. The van der Waals surface area contributed by atoms with E-state index in [1.165, 1.54) is 26.4 Å². The average molecular weight is 321 g/mol. The minimum absolute atomic E-state index is 0.0380. The summed E-state index contributed by atoms with van der Waals surface area (Å²) in [6, 6.07) is 4.10. The number of carbonyl (C=O) groups excluding carboxylic acids is 2. The van der Waals surface area contributed by atoms with Crippen LogP contribution in [0.5, 0.6) is 5.75 Å². The van der Waals surface area contributed by atoms with E-state index in [2.05, 4.69) is 0 Å². The van der Waals surface area contributed by atoms with Crippen molar-refractivity contribution in [2.45, 2.75) is 25.8 Å². The monoisotopic (exact) mass is 321 g/mol. The number of esters is 1. The van der Waals surface area contributed by atoms with Crippen molar-refractivity contribution in [1.29, 1.82) is 0 Å². The van der Waals surface area contributed by atoms with Gasteiger partial charge in [-0.15, -0.1) is 0 Å². The summed E-state index contributed by atoms with van der Waals surface area (Å²) in [6.07, 6.45) is 1.45. The van der Waals surface area contributed by atoms with Gasteiger partial charge in [0, 0.05) is 24.4 Å². The van der Waals surface area contributed by atoms with E-state index in [1.807, 2.05) is 18.9 Å². The van der Waals surface area contributed by atoms with Gasteiger partial charge >= 0.3 is 5.97 Å². The van der Waals surface area contributed by atoms with Crippen molar-refractivity contribution >= 4 is 11.8 Å². The number of methoxy groups -OCH3 is 2. The van der Waals surface area contributed by atoms with Crippen LogP contribution in [0.3, 0.4) is 0 Å². The van der Waals surface area contributed by atoms with Crippen molar-refractivity contribution in [3.63, 3.8) is 0 Å². The van der Waals surface area contributed by atoms with Crippen LogP contribution in [0.4, 0.5) is 4.39 Å². The summed E-state index contributed by atoms with van der Waals surface area (Å²) in [5.74, 6) is -1.86. The molecule has 2 rings (SSSR count). The Hall–Kier alpha value is -2.37. The number of nitrogens with zero attached hydrogens (tertiary/aromatic N) is 1. The highest BCUT2D eigenvalue weighted by Gasteiger charge is 2.32. The van der Waals surface area contributed by atoms with E-state index in [0.717, 1.165) is 12.5 Å². The van der Waals surface area contributed by atoms with Gasteiger partial charge in [-0.05, 0) is 38.0 Å². The lowest BCUT2D eigenvalue weighted by Gasteiger charge is -2.21. The van der Waals surface area contributed by atoms with Gasteiger partial charge in [0.1, 0.15) is 5.57 Å². The van der Waals surface area contributed by atoms with Gasteiger partial charge in [0.25, 0.3) is 0 Å². The number of Topliss-reactive ketones (excluding diaryl/α,β-unsaturated/α-hetero) is 1. The number of rotatable bonds is 4. The predicted molar refractivity (Wildman–Crippen MR) is 82.8 cm³/mol. The van der Waals surface area contributed by atoms with Crippen LogP contribution >= 0.6 is 0 Å². The molecule has 1 aromatic rings. The lowest BCUT2D eigenvalue weighted by Crippen LogP contribution is -2.26. The average Bonchev–Trinajstić information content (AvgIpc) is 2.87. The number of ketones is 1. The Bertz CT molecular complexity index is 669. The third-order valence-corrected chi connectivity index (χ3v) is 4.20. The molecule has 0 bridgehead atoms. The Morgan fingerprint density at radius 1 is 1.30 bits per heavy atom. The molecule has 6 heteroatoms. The van der Waals surface area contributed by atoms with E-state index in [0.29, 0.717) is 12.1 Å². The van der Waals surface area contributed by atoms with Gasteiger partial charge in [-0.1, -0.05) is 0 Å². The Labute approximate surface area is 134 Å². The zero-order chi connectivity index (χ0) is 17.1. The van der Waals surface area contributed by atoms with Crippen LogP contribution in [0.1, 0.15) is 30.1 Å². The van der Waals surface area contributed by atoms with E-state index in [4.69, 9.17) is 9.47 Å². The van der Waals surface area contributed by atoms with E-state index in [9.17, 15) is 14.0 Å². The Morgan fingerprint density at radius 3 is 2.48 bits per heavy atom. The minimum atomic E-state index is -0.706. The zero-order valence-corrected chi connectivity index (χ0v) is 13.7. The Kier molecular flexibility index (Phi) is 5.03. The van der Waals surface area contributed by atoms with E-state index < -0.39 is 17.6 Å². The normalized spacial score (nSPS) is 19.5. The maximum absolute atomic E-state index is 13.9. The third kappa shape index (κ3) is 3.21.